The van der Waals surface area contributed by atoms with E-state index in [1.54, 1.807) is 0 Å². The van der Waals surface area contributed by atoms with Crippen molar-refractivity contribution < 1.29 is 9.53 Å². The maximum absolute atomic E-state index is 11.3. The summed E-state index contributed by atoms with van der Waals surface area (Å²) in [5, 5.41) is 3.42. The van der Waals surface area contributed by atoms with Crippen LogP contribution >= 0.6 is 0 Å². The van der Waals surface area contributed by atoms with Crippen LogP contribution in [0.1, 0.15) is 48.0 Å². The summed E-state index contributed by atoms with van der Waals surface area (Å²) in [5.41, 5.74) is 4.52. The molecule has 4 heteroatoms. The van der Waals surface area contributed by atoms with E-state index in [1.165, 1.54) is 0 Å². The van der Waals surface area contributed by atoms with E-state index in [4.69, 9.17) is 10.5 Å². The van der Waals surface area contributed by atoms with Gasteiger partial charge in [0.2, 0.25) is 5.91 Å². The fourth-order valence-corrected chi connectivity index (χ4v) is 2.35. The first-order valence-electron chi connectivity index (χ1n) is 6.20. The van der Waals surface area contributed by atoms with Crippen molar-refractivity contribution in [2.24, 2.45) is 11.1 Å². The number of primary amides is 1. The third-order valence-electron chi connectivity index (χ3n) is 3.53. The Morgan fingerprint density at radius 2 is 1.94 bits per heavy atom. The van der Waals surface area contributed by atoms with E-state index in [-0.39, 0.29) is 23.2 Å². The monoisotopic (exact) mass is 242 g/mol. The van der Waals surface area contributed by atoms with Crippen LogP contribution in [0.5, 0.6) is 0 Å². The lowest BCUT2D eigenvalue weighted by Gasteiger charge is -2.30. The molecule has 0 unspecified atom stereocenters. The van der Waals surface area contributed by atoms with Crippen LogP contribution in [-0.2, 0) is 9.53 Å². The molecule has 1 aliphatic heterocycles. The maximum Gasteiger partial charge on any atom is 0.224 e. The first kappa shape index (κ1) is 14.5. The molecule has 4 nitrogen and oxygen atoms in total. The molecule has 1 amide bonds. The molecule has 0 spiro atoms. The Bertz CT molecular complexity index is 309. The van der Waals surface area contributed by atoms with E-state index in [0.717, 1.165) is 6.42 Å². The van der Waals surface area contributed by atoms with Crippen LogP contribution in [0.4, 0.5) is 0 Å². The van der Waals surface area contributed by atoms with Gasteiger partial charge in [0.25, 0.3) is 0 Å². The molecule has 0 saturated carbocycles. The van der Waals surface area contributed by atoms with Crippen molar-refractivity contribution in [2.75, 3.05) is 6.54 Å². The third-order valence-corrected chi connectivity index (χ3v) is 3.53. The summed E-state index contributed by atoms with van der Waals surface area (Å²) in [6.45, 7) is 12.6. The molecule has 1 rings (SSSR count). The molecule has 0 aromatic heterocycles. The number of carbonyl (C=O) groups excluding carboxylic acids is 1. The number of carbonyl (C=O) groups is 1. The van der Waals surface area contributed by atoms with Crippen molar-refractivity contribution in [3.63, 3.8) is 0 Å². The molecule has 100 valence electrons. The first-order chi connectivity index (χ1) is 7.46. The van der Waals surface area contributed by atoms with E-state index in [9.17, 15) is 4.79 Å². The van der Waals surface area contributed by atoms with Gasteiger partial charge in [0.05, 0.1) is 16.6 Å². The standard InChI is InChI=1S/C13H26N2O2/c1-11(2,10(14)16)8-15-9-7-12(3,4)17-13(9,5)6/h9,15H,7-8H2,1-6H3,(H2,14,16)/t9-/m0/s1. The topological polar surface area (TPSA) is 64.3 Å². The van der Waals surface area contributed by atoms with Crippen molar-refractivity contribution in [1.29, 1.82) is 0 Å². The molecule has 0 aliphatic carbocycles. The van der Waals surface area contributed by atoms with Crippen molar-refractivity contribution in [1.82, 2.24) is 5.32 Å². The number of ether oxygens (including phenoxy) is 1. The fourth-order valence-electron chi connectivity index (χ4n) is 2.35. The van der Waals surface area contributed by atoms with E-state index in [1.807, 2.05) is 13.8 Å². The van der Waals surface area contributed by atoms with E-state index < -0.39 is 5.41 Å². The Kier molecular flexibility index (Phi) is 3.61. The number of amides is 1. The SMILES string of the molecule is CC1(C)C[C@H](NCC(C)(C)C(N)=O)C(C)(C)O1. The van der Waals surface area contributed by atoms with Gasteiger partial charge in [0, 0.05) is 12.6 Å². The van der Waals surface area contributed by atoms with Gasteiger partial charge < -0.3 is 15.8 Å². The van der Waals surface area contributed by atoms with Crippen LogP contribution in [-0.4, -0.2) is 29.7 Å². The van der Waals surface area contributed by atoms with Gasteiger partial charge in [-0.2, -0.15) is 0 Å². The zero-order valence-electron chi connectivity index (χ0n) is 11.9. The van der Waals surface area contributed by atoms with Gasteiger partial charge in [-0.05, 0) is 48.0 Å². The first-order valence-corrected chi connectivity index (χ1v) is 6.20. The van der Waals surface area contributed by atoms with Crippen LogP contribution in [0.2, 0.25) is 0 Å². The normalized spacial score (nSPS) is 27.1. The summed E-state index contributed by atoms with van der Waals surface area (Å²) < 4.78 is 6.00. The molecule has 0 bridgehead atoms. The molecule has 0 radical (unpaired) electrons. The lowest BCUT2D eigenvalue weighted by atomic mass is 9.89. The average molecular weight is 242 g/mol. The smallest absolute Gasteiger partial charge is 0.224 e. The lowest BCUT2D eigenvalue weighted by molar-refractivity contribution is -0.126. The summed E-state index contributed by atoms with van der Waals surface area (Å²) >= 11 is 0. The molecule has 1 heterocycles. The predicted octanol–water partition coefficient (Wildman–Crippen LogP) is 1.43. The van der Waals surface area contributed by atoms with Gasteiger partial charge in [-0.15, -0.1) is 0 Å². The molecule has 1 atom stereocenters. The van der Waals surface area contributed by atoms with E-state index >= 15 is 0 Å². The second-order valence-corrected chi connectivity index (χ2v) is 6.85. The summed E-state index contributed by atoms with van der Waals surface area (Å²) in [4.78, 5) is 11.3. The fraction of sp³-hybridized carbons (Fsp3) is 0.923. The molecular formula is C13H26N2O2. The molecule has 0 aromatic carbocycles. The number of rotatable bonds is 4. The predicted molar refractivity (Wildman–Crippen MR) is 68.6 cm³/mol. The Morgan fingerprint density at radius 3 is 2.29 bits per heavy atom. The summed E-state index contributed by atoms with van der Waals surface area (Å²) in [5.74, 6) is -0.277. The van der Waals surface area contributed by atoms with Gasteiger partial charge in [0.1, 0.15) is 0 Å². The second-order valence-electron chi connectivity index (χ2n) is 6.85. The van der Waals surface area contributed by atoms with E-state index in [0.29, 0.717) is 6.54 Å². The lowest BCUT2D eigenvalue weighted by Crippen LogP contribution is -2.49. The molecule has 1 aliphatic rings. The van der Waals surface area contributed by atoms with Gasteiger partial charge in [-0.25, -0.2) is 0 Å². The van der Waals surface area contributed by atoms with Crippen molar-refractivity contribution in [2.45, 2.75) is 65.2 Å². The largest absolute Gasteiger partial charge is 0.369 e. The highest BCUT2D eigenvalue weighted by molar-refractivity contribution is 5.80. The summed E-state index contributed by atoms with van der Waals surface area (Å²) in [6.07, 6.45) is 0.939. The molecule has 3 N–H and O–H groups in total. The number of nitrogens with one attached hydrogen (secondary N) is 1. The molecule has 1 saturated heterocycles. The second kappa shape index (κ2) is 4.25. The quantitative estimate of drug-likeness (QED) is 0.784. The number of nitrogens with two attached hydrogens (primary N) is 1. The van der Waals surface area contributed by atoms with Crippen LogP contribution in [0.15, 0.2) is 0 Å². The highest BCUT2D eigenvalue weighted by atomic mass is 16.5. The average Bonchev–Trinajstić information content (AvgIpc) is 2.30. The van der Waals surface area contributed by atoms with Crippen LogP contribution in [0.25, 0.3) is 0 Å². The van der Waals surface area contributed by atoms with Crippen molar-refractivity contribution >= 4 is 5.91 Å². The van der Waals surface area contributed by atoms with Gasteiger partial charge in [0.15, 0.2) is 0 Å². The zero-order chi connectivity index (χ0) is 13.5. The zero-order valence-corrected chi connectivity index (χ0v) is 11.9. The third kappa shape index (κ3) is 3.42. The van der Waals surface area contributed by atoms with Crippen LogP contribution in [0, 0.1) is 5.41 Å². The van der Waals surface area contributed by atoms with Crippen molar-refractivity contribution in [3.05, 3.63) is 0 Å². The molecule has 1 fully saturated rings. The molecule has 0 aromatic rings. The number of hydrogen-bond acceptors (Lipinski definition) is 3. The Labute approximate surface area is 104 Å². The minimum atomic E-state index is -0.525. The molecular weight excluding hydrogens is 216 g/mol. The Balaban J connectivity index is 2.62. The van der Waals surface area contributed by atoms with Crippen molar-refractivity contribution in [3.8, 4) is 0 Å². The Hall–Kier alpha value is -0.610. The van der Waals surface area contributed by atoms with Crippen LogP contribution in [0.3, 0.4) is 0 Å². The van der Waals surface area contributed by atoms with Gasteiger partial charge in [-0.3, -0.25) is 4.79 Å². The molecule has 17 heavy (non-hydrogen) atoms. The highest BCUT2D eigenvalue weighted by Gasteiger charge is 2.46. The van der Waals surface area contributed by atoms with Crippen LogP contribution < -0.4 is 11.1 Å². The maximum atomic E-state index is 11.3. The van der Waals surface area contributed by atoms with E-state index in [2.05, 4.69) is 33.0 Å². The highest BCUT2D eigenvalue weighted by Crippen LogP contribution is 2.37. The summed E-state index contributed by atoms with van der Waals surface area (Å²) in [7, 11) is 0. The minimum absolute atomic E-state index is 0.113. The minimum Gasteiger partial charge on any atom is -0.369 e. The van der Waals surface area contributed by atoms with Gasteiger partial charge in [-0.1, -0.05) is 0 Å². The Morgan fingerprint density at radius 1 is 1.41 bits per heavy atom. The summed E-state index contributed by atoms with van der Waals surface area (Å²) in [6, 6.07) is 0.246. The van der Waals surface area contributed by atoms with Gasteiger partial charge >= 0.3 is 0 Å². The number of hydrogen-bond donors (Lipinski definition) is 2.